The van der Waals surface area contributed by atoms with E-state index < -0.39 is 0 Å². The van der Waals surface area contributed by atoms with E-state index in [0.717, 1.165) is 43.0 Å². The Balaban J connectivity index is 1.72. The Bertz CT molecular complexity index is 840. The van der Waals surface area contributed by atoms with Crippen molar-refractivity contribution in [2.75, 3.05) is 19.6 Å². The highest BCUT2D eigenvalue weighted by Gasteiger charge is 2.34. The number of rotatable bonds is 3. The maximum Gasteiger partial charge on any atom is 0.251 e. The highest BCUT2D eigenvalue weighted by Crippen LogP contribution is 2.37. The molecule has 25 heavy (non-hydrogen) atoms. The van der Waals surface area contributed by atoms with Crippen LogP contribution in [0.4, 0.5) is 0 Å². The van der Waals surface area contributed by atoms with E-state index in [9.17, 15) is 9.90 Å². The number of pyridine rings is 1. The van der Waals surface area contributed by atoms with E-state index in [0.29, 0.717) is 17.8 Å². The highest BCUT2D eigenvalue weighted by atomic mass is 16.3. The summed E-state index contributed by atoms with van der Waals surface area (Å²) >= 11 is 0. The zero-order chi connectivity index (χ0) is 17.6. The molecular weight excluding hydrogens is 312 g/mol. The summed E-state index contributed by atoms with van der Waals surface area (Å²) in [7, 11) is 0. The quantitative estimate of drug-likeness (QED) is 0.934. The number of benzene rings is 1. The average molecular weight is 338 g/mol. The van der Waals surface area contributed by atoms with Crippen LogP contribution >= 0.6 is 0 Å². The number of phenolic OH excluding ortho intramolecular Hbond substituents is 1. The molecule has 2 bridgehead atoms. The third-order valence-electron chi connectivity index (χ3n) is 5.43. The largest absolute Gasteiger partial charge is 0.508 e. The van der Waals surface area contributed by atoms with E-state index in [4.69, 9.17) is 0 Å². The van der Waals surface area contributed by atoms with Crippen molar-refractivity contribution in [2.45, 2.75) is 32.7 Å². The summed E-state index contributed by atoms with van der Waals surface area (Å²) in [4.78, 5) is 15.3. The van der Waals surface area contributed by atoms with Gasteiger partial charge in [-0.15, -0.1) is 0 Å². The zero-order valence-electron chi connectivity index (χ0n) is 15.0. The van der Waals surface area contributed by atoms with Gasteiger partial charge in [-0.25, -0.2) is 0 Å². The second-order valence-corrected chi connectivity index (χ2v) is 8.08. The average Bonchev–Trinajstić information content (AvgIpc) is 2.55. The van der Waals surface area contributed by atoms with E-state index >= 15 is 0 Å². The topological polar surface area (TPSA) is 45.5 Å². The molecule has 2 aliphatic heterocycles. The van der Waals surface area contributed by atoms with Gasteiger partial charge in [0.1, 0.15) is 5.75 Å². The number of aromatic hydroxyl groups is 1. The minimum Gasteiger partial charge on any atom is -0.508 e. The smallest absolute Gasteiger partial charge is 0.251 e. The van der Waals surface area contributed by atoms with Gasteiger partial charge in [0, 0.05) is 43.9 Å². The fourth-order valence-electron chi connectivity index (χ4n) is 4.58. The Morgan fingerprint density at radius 3 is 2.72 bits per heavy atom. The lowest BCUT2D eigenvalue weighted by molar-refractivity contribution is 0.109. The number of hydrogen-bond acceptors (Lipinski definition) is 3. The van der Waals surface area contributed by atoms with Gasteiger partial charge in [0.15, 0.2) is 0 Å². The first kappa shape index (κ1) is 16.4. The third-order valence-corrected chi connectivity index (χ3v) is 5.43. The third kappa shape index (κ3) is 3.23. The van der Waals surface area contributed by atoms with Crippen molar-refractivity contribution in [2.24, 2.45) is 11.8 Å². The lowest BCUT2D eigenvalue weighted by atomic mass is 9.82. The summed E-state index contributed by atoms with van der Waals surface area (Å²) < 4.78 is 1.98. The van der Waals surface area contributed by atoms with Gasteiger partial charge in [-0.05, 0) is 47.6 Å². The molecule has 2 aromatic rings. The van der Waals surface area contributed by atoms with Crippen LogP contribution in [0.5, 0.6) is 5.75 Å². The monoisotopic (exact) mass is 338 g/mol. The molecule has 1 saturated heterocycles. The van der Waals surface area contributed by atoms with Crippen molar-refractivity contribution in [3.05, 3.63) is 52.4 Å². The fraction of sp³-hybridized carbons (Fsp3) is 0.476. The summed E-state index contributed by atoms with van der Waals surface area (Å²) in [6.45, 7) is 8.64. The van der Waals surface area contributed by atoms with Gasteiger partial charge >= 0.3 is 0 Å². The maximum absolute atomic E-state index is 12.7. The number of fused-ring (bicyclic) bond motifs is 4. The molecule has 0 saturated carbocycles. The molecule has 3 heterocycles. The molecule has 4 rings (SSSR count). The van der Waals surface area contributed by atoms with Crippen LogP contribution in [0.15, 0.2) is 41.2 Å². The van der Waals surface area contributed by atoms with Crippen LogP contribution in [0, 0.1) is 11.8 Å². The van der Waals surface area contributed by atoms with Crippen LogP contribution in [-0.2, 0) is 6.54 Å². The normalized spacial score (nSPS) is 22.8. The fourth-order valence-corrected chi connectivity index (χ4v) is 4.58. The van der Waals surface area contributed by atoms with Crippen molar-refractivity contribution in [1.82, 2.24) is 9.47 Å². The highest BCUT2D eigenvalue weighted by molar-refractivity contribution is 5.65. The Hall–Kier alpha value is -2.07. The second-order valence-electron chi connectivity index (χ2n) is 8.08. The van der Waals surface area contributed by atoms with Crippen molar-refractivity contribution in [1.29, 1.82) is 0 Å². The first-order valence-corrected chi connectivity index (χ1v) is 9.26. The van der Waals surface area contributed by atoms with Crippen LogP contribution in [-0.4, -0.2) is 34.2 Å². The minimum atomic E-state index is 0.0860. The predicted octanol–water partition coefficient (Wildman–Crippen LogP) is 3.30. The molecule has 4 heteroatoms. The molecule has 4 nitrogen and oxygen atoms in total. The van der Waals surface area contributed by atoms with E-state index in [2.05, 4.69) is 24.8 Å². The Morgan fingerprint density at radius 2 is 1.96 bits per heavy atom. The molecule has 0 amide bonds. The second kappa shape index (κ2) is 6.34. The Kier molecular flexibility index (Phi) is 4.16. The van der Waals surface area contributed by atoms with Gasteiger partial charge < -0.3 is 14.6 Å². The summed E-state index contributed by atoms with van der Waals surface area (Å²) in [5.41, 5.74) is 3.06. The lowest BCUT2D eigenvalue weighted by Gasteiger charge is -2.43. The van der Waals surface area contributed by atoms with Gasteiger partial charge in [0.05, 0.1) is 0 Å². The minimum absolute atomic E-state index is 0.0860. The standard InChI is InChI=1S/C21H26N2O2/c1-14(2)10-22-11-15-6-18(13-22)20-8-17(9-21(25)23(20)12-15)16-4-3-5-19(24)7-16/h3-5,7-9,14-15,18,24H,6,10-13H2,1-2H3/t15-,18+/m0/s1. The number of phenols is 1. The number of piperidine rings is 1. The molecule has 1 aromatic carbocycles. The van der Waals surface area contributed by atoms with E-state index in [1.165, 1.54) is 6.42 Å². The van der Waals surface area contributed by atoms with Crippen molar-refractivity contribution in [3.63, 3.8) is 0 Å². The molecule has 0 spiro atoms. The summed E-state index contributed by atoms with van der Waals surface area (Å²) in [6, 6.07) is 11.0. The molecule has 2 aliphatic rings. The van der Waals surface area contributed by atoms with Gasteiger partial charge in [0.2, 0.25) is 0 Å². The van der Waals surface area contributed by atoms with Crippen molar-refractivity contribution < 1.29 is 5.11 Å². The number of nitrogens with zero attached hydrogens (tertiary/aromatic N) is 2. The molecule has 0 radical (unpaired) electrons. The van der Waals surface area contributed by atoms with Gasteiger partial charge in [0.25, 0.3) is 5.56 Å². The van der Waals surface area contributed by atoms with Crippen LogP contribution in [0.25, 0.3) is 11.1 Å². The molecule has 0 aliphatic carbocycles. The van der Waals surface area contributed by atoms with Crippen LogP contribution in [0.2, 0.25) is 0 Å². The molecule has 2 atom stereocenters. The summed E-state index contributed by atoms with van der Waals surface area (Å²) in [5.74, 6) is 1.90. The Morgan fingerprint density at radius 1 is 1.12 bits per heavy atom. The number of likely N-dealkylation sites (tertiary alicyclic amines) is 1. The molecule has 1 fully saturated rings. The van der Waals surface area contributed by atoms with E-state index in [-0.39, 0.29) is 11.3 Å². The van der Waals surface area contributed by atoms with Crippen molar-refractivity contribution in [3.8, 4) is 16.9 Å². The molecular formula is C21H26N2O2. The van der Waals surface area contributed by atoms with E-state index in [1.54, 1.807) is 18.2 Å². The SMILES string of the molecule is CC(C)CN1C[C@@H]2C[C@H](C1)c1cc(-c3cccc(O)c3)cc(=O)n1C2. The van der Waals surface area contributed by atoms with Gasteiger partial charge in [-0.3, -0.25) is 4.79 Å². The van der Waals surface area contributed by atoms with Gasteiger partial charge in [-0.1, -0.05) is 26.0 Å². The van der Waals surface area contributed by atoms with Crippen LogP contribution in [0.1, 0.15) is 31.9 Å². The first-order chi connectivity index (χ1) is 12.0. The van der Waals surface area contributed by atoms with Gasteiger partial charge in [-0.2, -0.15) is 0 Å². The molecule has 0 unspecified atom stereocenters. The molecule has 1 N–H and O–H groups in total. The number of hydrogen-bond donors (Lipinski definition) is 1. The van der Waals surface area contributed by atoms with Crippen molar-refractivity contribution >= 4 is 0 Å². The zero-order valence-corrected chi connectivity index (χ0v) is 15.0. The van der Waals surface area contributed by atoms with E-state index in [1.807, 2.05) is 16.7 Å². The summed E-state index contributed by atoms with van der Waals surface area (Å²) in [6.07, 6.45) is 1.18. The Labute approximate surface area is 148 Å². The molecule has 1 aromatic heterocycles. The first-order valence-electron chi connectivity index (χ1n) is 9.26. The molecule has 132 valence electrons. The van der Waals surface area contributed by atoms with Crippen LogP contribution in [0.3, 0.4) is 0 Å². The predicted molar refractivity (Wildman–Crippen MR) is 99.9 cm³/mol. The lowest BCUT2D eigenvalue weighted by Crippen LogP contribution is -2.48. The maximum atomic E-state index is 12.7. The number of aromatic nitrogens is 1. The summed E-state index contributed by atoms with van der Waals surface area (Å²) in [5, 5.41) is 9.75. The van der Waals surface area contributed by atoms with Crippen LogP contribution < -0.4 is 5.56 Å².